The van der Waals surface area contributed by atoms with E-state index >= 15 is 0 Å². The van der Waals surface area contributed by atoms with E-state index in [1.54, 1.807) is 71.0 Å². The average Bonchev–Trinajstić information content (AvgIpc) is 1.66. The van der Waals surface area contributed by atoms with Gasteiger partial charge in [-0.25, -0.2) is 58.3 Å². The number of amides is 5. The Hall–Kier alpha value is -10.5. The first-order chi connectivity index (χ1) is 53.4. The molecule has 0 atom stereocenters. The summed E-state index contributed by atoms with van der Waals surface area (Å²) >= 11 is 6.72. The van der Waals surface area contributed by atoms with Crippen LogP contribution in [0.25, 0.3) is 55.6 Å². The first kappa shape index (κ1) is 87.1. The molecule has 43 heteroatoms. The lowest BCUT2D eigenvalue weighted by Crippen LogP contribution is -2.33. The Bertz CT molecular complexity index is 4880. The molecule has 0 bridgehead atoms. The number of amidine groups is 3. The van der Waals surface area contributed by atoms with E-state index in [-0.39, 0.29) is 17.7 Å². The van der Waals surface area contributed by atoms with E-state index in [1.807, 2.05) is 69.1 Å². The number of thioether (sulfide) groups is 3. The lowest BCUT2D eigenvalue weighted by atomic mass is 10.1. The number of unbranched alkanes of at least 4 members (excludes halogenated alkanes) is 3. The number of nitrogens with zero attached hydrogens (tertiary/aromatic N) is 15. The number of carbonyl (C=O) groups is 6. The summed E-state index contributed by atoms with van der Waals surface area (Å²) in [4.78, 5) is 107. The molecule has 3 aliphatic rings. The van der Waals surface area contributed by atoms with Crippen molar-refractivity contribution >= 4 is 167 Å². The first-order valence-electron chi connectivity index (χ1n) is 34.8. The third-order valence-electron chi connectivity index (χ3n) is 15.1. The Balaban J connectivity index is 0.000000187. The van der Waals surface area contributed by atoms with Crippen LogP contribution in [0.15, 0.2) is 107 Å². The van der Waals surface area contributed by atoms with Gasteiger partial charge in [-0.1, -0.05) is 65.6 Å². The van der Waals surface area contributed by atoms with Gasteiger partial charge in [-0.2, -0.15) is 28.5 Å². The van der Waals surface area contributed by atoms with Crippen molar-refractivity contribution in [3.63, 3.8) is 0 Å². The van der Waals surface area contributed by atoms with Crippen molar-refractivity contribution in [2.24, 2.45) is 20.7 Å². The number of alkyl halides is 3. The first-order valence-corrected chi connectivity index (χ1v) is 38.8. The quantitative estimate of drug-likeness (QED) is 0.0183. The summed E-state index contributed by atoms with van der Waals surface area (Å²) in [5.74, 6) is 0.774. The molecule has 6 aromatic heterocycles. The molecule has 3 aliphatic heterocycles. The van der Waals surface area contributed by atoms with Crippen LogP contribution < -0.4 is 54.2 Å². The summed E-state index contributed by atoms with van der Waals surface area (Å²) in [6.45, 7) is 16.8. The number of carbonyl (C=O) groups excluding carboxylic acids is 5. The van der Waals surface area contributed by atoms with Gasteiger partial charge in [0.25, 0.3) is 17.7 Å². The minimum atomic E-state index is -5.08. The maximum Gasteiger partial charge on any atom is 0.569 e. The number of benzene rings is 3. The predicted octanol–water partition coefficient (Wildman–Crippen LogP) is 8.24. The largest absolute Gasteiger partial charge is 0.569 e. The Morgan fingerprint density at radius 1 is 0.536 bits per heavy atom. The fraction of sp³-hybridized carbons (Fsp3) is 0.391. The number of nitrogen functional groups attached to an aromatic ring is 3. The van der Waals surface area contributed by atoms with Gasteiger partial charge < -0.3 is 73.8 Å². The molecule has 0 spiro atoms. The highest BCUT2D eigenvalue weighted by Gasteiger charge is 2.38. The number of hydrogen-bond donors (Lipinski definition) is 11. The fourth-order valence-electron chi connectivity index (χ4n) is 10.2. The van der Waals surface area contributed by atoms with Gasteiger partial charge in [0.05, 0.1) is 35.8 Å². The number of nitrogens with one attached hydrogen (secondary N) is 5. The topological polar surface area (TPSA) is 503 Å². The number of nitrogens with two attached hydrogens (primary N) is 4. The van der Waals surface area contributed by atoms with E-state index < -0.39 is 35.5 Å². The predicted molar refractivity (Wildman–Crippen MR) is 433 cm³/mol. The fourth-order valence-corrected chi connectivity index (χ4v) is 13.2. The van der Waals surface area contributed by atoms with Crippen molar-refractivity contribution in [2.75, 3.05) is 73.7 Å². The zero-order valence-electron chi connectivity index (χ0n) is 61.8. The number of rotatable bonds is 21. The van der Waals surface area contributed by atoms with Crippen LogP contribution in [0.4, 0.5) is 40.2 Å². The Morgan fingerprint density at radius 2 is 0.902 bits per heavy atom. The molecule has 1 radical (unpaired) electrons. The number of anilines is 3. The van der Waals surface area contributed by atoms with Crippen molar-refractivity contribution in [3.8, 4) is 28.3 Å². The van der Waals surface area contributed by atoms with E-state index in [9.17, 15) is 37.1 Å². The molecule has 0 unspecified atom stereocenters. The Kier molecular flexibility index (Phi) is 32.4. The molecule has 0 aliphatic carbocycles. The van der Waals surface area contributed by atoms with Gasteiger partial charge in [0, 0.05) is 77.8 Å². The minimum absolute atomic E-state index is 0.198. The van der Waals surface area contributed by atoms with Crippen LogP contribution in [0, 0.1) is 3.70 Å². The number of ether oxygens (including phenoxy) is 2. The number of aliphatic carboxylic acids is 1. The lowest BCUT2D eigenvalue weighted by Gasteiger charge is -2.19. The van der Waals surface area contributed by atoms with Gasteiger partial charge in [-0.05, 0) is 152 Å². The second-order valence-corrected chi connectivity index (χ2v) is 30.3. The van der Waals surface area contributed by atoms with Gasteiger partial charge in [0.15, 0.2) is 32.4 Å². The Labute approximate surface area is 667 Å². The molecule has 9 heterocycles. The van der Waals surface area contributed by atoms with Crippen molar-refractivity contribution in [1.82, 2.24) is 85.8 Å². The molecule has 5 amide bonds. The molecule has 35 nitrogen and oxygen atoms in total. The van der Waals surface area contributed by atoms with Crippen molar-refractivity contribution < 1.29 is 66.2 Å². The Morgan fingerprint density at radius 3 is 1.27 bits per heavy atom. The number of carboxylic acid groups (broad SMARTS) is 1. The smallest absolute Gasteiger partial charge is 0.537 e. The van der Waals surface area contributed by atoms with Gasteiger partial charge in [0.2, 0.25) is 0 Å². The number of aryl methyl sites for hydroxylation is 3. The molecule has 0 saturated heterocycles. The van der Waals surface area contributed by atoms with Crippen molar-refractivity contribution in [2.45, 2.75) is 117 Å². The number of fused-ring (bicyclic) bond motifs is 3. The highest BCUT2D eigenvalue weighted by Crippen LogP contribution is 2.33. The third kappa shape index (κ3) is 26.6. The molecule has 0 fully saturated rings. The number of aromatic nitrogens is 12. The van der Waals surface area contributed by atoms with E-state index in [2.05, 4.69) is 99.2 Å². The summed E-state index contributed by atoms with van der Waals surface area (Å²) in [6.07, 6.45) is 3.31. The maximum absolute atomic E-state index is 12.7. The molecule has 595 valence electrons. The van der Waals surface area contributed by atoms with Crippen molar-refractivity contribution in [1.29, 1.82) is 0 Å². The van der Waals surface area contributed by atoms with Gasteiger partial charge >= 0.3 is 32.0 Å². The van der Waals surface area contributed by atoms with Crippen LogP contribution >= 0.6 is 57.9 Å². The third-order valence-corrected chi connectivity index (χ3v) is 18.6. The monoisotopic (exact) mass is 1720 g/mol. The second-order valence-electron chi connectivity index (χ2n) is 26.0. The second kappa shape index (κ2) is 41.7. The van der Waals surface area contributed by atoms with Gasteiger partial charge in [-0.3, -0.25) is 29.4 Å². The van der Waals surface area contributed by atoms with Crippen LogP contribution in [0.2, 0.25) is 0 Å². The maximum atomic E-state index is 12.7. The SMILES string of the molecule is CC(C)(C)OC(=O)NCCCCn1nc(-c2cccc(C(=O)NC3=NCCS3)c2)c2c(N)ncnc21.CC(C)(C)OC(=O)NCCCCn1nc(I)c2c(N)ncnc21.NCCCCn1nc(-c2cccc(C(=O)NC3=NCCS3)c2)c2c(N)ncnc21.O=C(NC1=NCCS1)c1cccc(O[B]O)c1.O=C(O)C(F)(F)F. The number of alkyl carbamates (subject to hydrolysis) is 2. The summed E-state index contributed by atoms with van der Waals surface area (Å²) < 4.78 is 53.2. The van der Waals surface area contributed by atoms with E-state index in [0.29, 0.717) is 142 Å². The molecule has 0 saturated carbocycles. The molecule has 9 aromatic rings. The summed E-state index contributed by atoms with van der Waals surface area (Å²) in [5.41, 5.74) is 29.1. The normalized spacial score (nSPS) is 13.1. The number of carboxylic acids is 1. The van der Waals surface area contributed by atoms with Crippen LogP contribution in [-0.2, 0) is 33.9 Å². The van der Waals surface area contributed by atoms with Gasteiger partial charge in [-0.15, -0.1) is 0 Å². The summed E-state index contributed by atoms with van der Waals surface area (Å²) in [5, 5.41) is 47.5. The number of hydrogen-bond acceptors (Lipinski definition) is 29. The molecule has 112 heavy (non-hydrogen) atoms. The van der Waals surface area contributed by atoms with Crippen LogP contribution in [0.5, 0.6) is 5.75 Å². The average molecular weight is 1720 g/mol. The highest BCUT2D eigenvalue weighted by molar-refractivity contribution is 14.1. The zero-order chi connectivity index (χ0) is 81.1. The van der Waals surface area contributed by atoms with E-state index in [1.165, 1.54) is 42.5 Å². The number of aliphatic imine (C=N–C) groups is 3. The highest BCUT2D eigenvalue weighted by atomic mass is 127. The zero-order valence-corrected chi connectivity index (χ0v) is 66.4. The standard InChI is InChI=1S/C24H30N8O3S.C19H22N8OS.C14H21IN6O2.C10H10BN2O3S.C2HF3O2/c1-24(2,3)35-23(34)27-9-4-5-11-32-20-17(19(25)28-14-29-20)18(31-32)15-7-6-8-16(13-15)21(33)30-22-26-10-12-36-22;20-6-1-2-8-27-17-14(16(21)23-11-24-17)15(26-27)12-4-3-5-13(10-12)18(28)25-19-22-7-9-29-19;1-14(2,3)23-13(22)17-6-4-5-7-21-12-9(10(15)20-21)11(16)18-8-19-12;14-9(13-10-12-4-5-17-10)7-2-1-3-8(6-7)16-11-15;3-2(4,5)1(6)7/h6-8,13-14H,4-5,9-12H2,1-3H3,(H,27,34)(H2,25,28,29)(H,26,30,33);3-5,10-11H,1-2,6-9,20H2,(H2,21,23,24)(H,22,25,28);8H,4-7H2,1-3H3,(H,17,22)(H2,16,18,19);1-3,6,15H,4-5H2,(H,12,13,14);(H,6,7). The number of halogens is 4. The van der Waals surface area contributed by atoms with Crippen LogP contribution in [-0.4, -0.2) is 202 Å². The minimum Gasteiger partial charge on any atom is -0.537 e. The van der Waals surface area contributed by atoms with Crippen LogP contribution in [0.1, 0.15) is 111 Å². The van der Waals surface area contributed by atoms with Crippen molar-refractivity contribution in [3.05, 3.63) is 112 Å². The van der Waals surface area contributed by atoms with E-state index in [0.717, 1.165) is 94.7 Å². The molecule has 3 aromatic carbocycles. The molecular weight excluding hydrogens is 1630 g/mol. The molecule has 12 rings (SSSR count). The van der Waals surface area contributed by atoms with Gasteiger partial charge in [0.1, 0.15) is 68.5 Å². The van der Waals surface area contributed by atoms with Crippen LogP contribution in [0.3, 0.4) is 0 Å². The molecule has 15 N–H and O–H groups in total. The summed E-state index contributed by atoms with van der Waals surface area (Å²) in [6, 6.07) is 21.0. The lowest BCUT2D eigenvalue weighted by molar-refractivity contribution is -0.192. The van der Waals surface area contributed by atoms with E-state index in [4.69, 9.17) is 62.2 Å². The summed E-state index contributed by atoms with van der Waals surface area (Å²) in [7, 11) is 0.577. The molecular formula is C69H84BF3IN24O11S3.